The normalized spacial score (nSPS) is 33.7. The Kier molecular flexibility index (Phi) is 4.12. The van der Waals surface area contributed by atoms with E-state index in [4.69, 9.17) is 0 Å². The van der Waals surface area contributed by atoms with Crippen LogP contribution in [0.4, 0.5) is 0 Å². The Morgan fingerprint density at radius 3 is 3.00 bits per heavy atom. The SMILES string of the molecule is CC1CN2CCCC2CN1CC=CCS. The summed E-state index contributed by atoms with van der Waals surface area (Å²) in [7, 11) is 0. The number of hydrogen-bond acceptors (Lipinski definition) is 3. The number of piperazine rings is 1. The number of rotatable bonds is 3. The molecule has 2 fully saturated rings. The molecule has 2 nitrogen and oxygen atoms in total. The van der Waals surface area contributed by atoms with E-state index in [1.165, 1.54) is 32.5 Å². The molecule has 2 heterocycles. The van der Waals surface area contributed by atoms with Crippen LogP contribution in [-0.4, -0.2) is 53.8 Å². The molecule has 0 amide bonds. The molecule has 2 aliphatic rings. The molecule has 3 heteroatoms. The molecule has 0 aromatic carbocycles. The summed E-state index contributed by atoms with van der Waals surface area (Å²) in [5, 5.41) is 0. The lowest BCUT2D eigenvalue weighted by Gasteiger charge is -2.41. The highest BCUT2D eigenvalue weighted by Crippen LogP contribution is 2.24. The molecular formula is C12H22N2S. The maximum absolute atomic E-state index is 4.19. The maximum atomic E-state index is 4.19. The molecule has 0 radical (unpaired) electrons. The van der Waals surface area contributed by atoms with Crippen molar-refractivity contribution >= 4 is 12.6 Å². The lowest BCUT2D eigenvalue weighted by Crippen LogP contribution is -2.54. The monoisotopic (exact) mass is 226 g/mol. The van der Waals surface area contributed by atoms with E-state index < -0.39 is 0 Å². The third kappa shape index (κ3) is 2.77. The summed E-state index contributed by atoms with van der Waals surface area (Å²) in [5.74, 6) is 0.859. The fraction of sp³-hybridized carbons (Fsp3) is 0.833. The Morgan fingerprint density at radius 2 is 2.20 bits per heavy atom. The Hall–Kier alpha value is 0.01000. The lowest BCUT2D eigenvalue weighted by atomic mass is 10.1. The third-order valence-corrected chi connectivity index (χ3v) is 3.89. The first kappa shape index (κ1) is 11.5. The van der Waals surface area contributed by atoms with E-state index in [0.717, 1.165) is 18.3 Å². The number of hydrogen-bond donors (Lipinski definition) is 1. The minimum absolute atomic E-state index is 0.712. The zero-order chi connectivity index (χ0) is 10.7. The minimum Gasteiger partial charge on any atom is -0.298 e. The molecule has 0 bridgehead atoms. The number of thiol groups is 1. The third-order valence-electron chi connectivity index (χ3n) is 3.68. The van der Waals surface area contributed by atoms with Crippen molar-refractivity contribution in [2.24, 2.45) is 0 Å². The first-order valence-electron chi connectivity index (χ1n) is 6.05. The molecule has 0 N–H and O–H groups in total. The Labute approximate surface area is 98.7 Å². The van der Waals surface area contributed by atoms with Crippen LogP contribution in [0, 0.1) is 0 Å². The predicted molar refractivity (Wildman–Crippen MR) is 68.6 cm³/mol. The van der Waals surface area contributed by atoms with Crippen molar-refractivity contribution in [3.05, 3.63) is 12.2 Å². The van der Waals surface area contributed by atoms with Gasteiger partial charge in [0, 0.05) is 37.5 Å². The van der Waals surface area contributed by atoms with Crippen LogP contribution in [-0.2, 0) is 0 Å². The van der Waals surface area contributed by atoms with Gasteiger partial charge < -0.3 is 0 Å². The second kappa shape index (κ2) is 5.37. The van der Waals surface area contributed by atoms with Crippen LogP contribution in [0.15, 0.2) is 12.2 Å². The molecule has 2 atom stereocenters. The molecule has 0 aromatic heterocycles. The number of fused-ring (bicyclic) bond motifs is 1. The van der Waals surface area contributed by atoms with Gasteiger partial charge in [-0.25, -0.2) is 0 Å². The molecule has 0 spiro atoms. The van der Waals surface area contributed by atoms with Crippen LogP contribution < -0.4 is 0 Å². The van der Waals surface area contributed by atoms with Crippen molar-refractivity contribution in [2.75, 3.05) is 31.9 Å². The molecular weight excluding hydrogens is 204 g/mol. The second-order valence-electron chi connectivity index (χ2n) is 4.75. The van der Waals surface area contributed by atoms with Crippen molar-refractivity contribution < 1.29 is 0 Å². The van der Waals surface area contributed by atoms with Crippen LogP contribution in [0.5, 0.6) is 0 Å². The van der Waals surface area contributed by atoms with Gasteiger partial charge in [-0.15, -0.1) is 0 Å². The van der Waals surface area contributed by atoms with E-state index in [1.807, 2.05) is 0 Å². The minimum atomic E-state index is 0.712. The fourth-order valence-electron chi connectivity index (χ4n) is 2.79. The van der Waals surface area contributed by atoms with Gasteiger partial charge in [-0.3, -0.25) is 9.80 Å². The van der Waals surface area contributed by atoms with Gasteiger partial charge in [0.25, 0.3) is 0 Å². The van der Waals surface area contributed by atoms with E-state index >= 15 is 0 Å². The summed E-state index contributed by atoms with van der Waals surface area (Å²) in [6.07, 6.45) is 7.21. The van der Waals surface area contributed by atoms with Crippen molar-refractivity contribution in [3.8, 4) is 0 Å². The molecule has 0 aromatic rings. The first-order valence-corrected chi connectivity index (χ1v) is 6.68. The molecule has 2 saturated heterocycles. The fourth-order valence-corrected chi connectivity index (χ4v) is 2.94. The van der Waals surface area contributed by atoms with E-state index in [-0.39, 0.29) is 0 Å². The molecule has 15 heavy (non-hydrogen) atoms. The largest absolute Gasteiger partial charge is 0.298 e. The summed E-state index contributed by atoms with van der Waals surface area (Å²) in [6, 6.07) is 1.55. The molecule has 86 valence electrons. The van der Waals surface area contributed by atoms with Gasteiger partial charge in [0.2, 0.25) is 0 Å². The Morgan fingerprint density at radius 1 is 1.33 bits per heavy atom. The van der Waals surface area contributed by atoms with Gasteiger partial charge in [-0.2, -0.15) is 12.6 Å². The van der Waals surface area contributed by atoms with Crippen LogP contribution in [0.1, 0.15) is 19.8 Å². The van der Waals surface area contributed by atoms with Crippen LogP contribution in [0.25, 0.3) is 0 Å². The van der Waals surface area contributed by atoms with E-state index in [9.17, 15) is 0 Å². The second-order valence-corrected chi connectivity index (χ2v) is 5.11. The molecule has 0 saturated carbocycles. The predicted octanol–water partition coefficient (Wildman–Crippen LogP) is 1.64. The van der Waals surface area contributed by atoms with Gasteiger partial charge in [-0.1, -0.05) is 12.2 Å². The average Bonchev–Trinajstić information content (AvgIpc) is 2.65. The van der Waals surface area contributed by atoms with Crippen molar-refractivity contribution in [1.29, 1.82) is 0 Å². The van der Waals surface area contributed by atoms with Crippen molar-refractivity contribution in [2.45, 2.75) is 31.8 Å². The molecule has 0 aliphatic carbocycles. The summed E-state index contributed by atoms with van der Waals surface area (Å²) in [6.45, 7) is 7.31. The average molecular weight is 226 g/mol. The van der Waals surface area contributed by atoms with Gasteiger partial charge in [0.15, 0.2) is 0 Å². The highest BCUT2D eigenvalue weighted by atomic mass is 32.1. The van der Waals surface area contributed by atoms with Crippen LogP contribution >= 0.6 is 12.6 Å². The smallest absolute Gasteiger partial charge is 0.0224 e. The van der Waals surface area contributed by atoms with Gasteiger partial charge >= 0.3 is 0 Å². The van der Waals surface area contributed by atoms with Gasteiger partial charge in [0.1, 0.15) is 0 Å². The van der Waals surface area contributed by atoms with Crippen LogP contribution in [0.2, 0.25) is 0 Å². The van der Waals surface area contributed by atoms with E-state index in [1.54, 1.807) is 0 Å². The summed E-state index contributed by atoms with van der Waals surface area (Å²) < 4.78 is 0. The maximum Gasteiger partial charge on any atom is 0.0224 e. The first-order chi connectivity index (χ1) is 7.31. The molecule has 2 rings (SSSR count). The summed E-state index contributed by atoms with van der Waals surface area (Å²) >= 11 is 4.19. The zero-order valence-electron chi connectivity index (χ0n) is 9.60. The zero-order valence-corrected chi connectivity index (χ0v) is 10.5. The van der Waals surface area contributed by atoms with E-state index in [0.29, 0.717) is 6.04 Å². The lowest BCUT2D eigenvalue weighted by molar-refractivity contribution is 0.0684. The number of nitrogens with zero attached hydrogens (tertiary/aromatic N) is 2. The Bertz CT molecular complexity index is 230. The highest BCUT2D eigenvalue weighted by molar-refractivity contribution is 7.80. The van der Waals surface area contributed by atoms with E-state index in [2.05, 4.69) is 41.5 Å². The summed E-state index contributed by atoms with van der Waals surface area (Å²) in [5.41, 5.74) is 0. The molecule has 2 aliphatic heterocycles. The van der Waals surface area contributed by atoms with Gasteiger partial charge in [0.05, 0.1) is 0 Å². The highest BCUT2D eigenvalue weighted by Gasteiger charge is 2.33. The van der Waals surface area contributed by atoms with Crippen LogP contribution in [0.3, 0.4) is 0 Å². The topological polar surface area (TPSA) is 6.48 Å². The quantitative estimate of drug-likeness (QED) is 0.577. The Balaban J connectivity index is 1.86. The van der Waals surface area contributed by atoms with Crippen molar-refractivity contribution in [3.63, 3.8) is 0 Å². The summed E-state index contributed by atoms with van der Waals surface area (Å²) in [4.78, 5) is 5.27. The standard InChI is InChI=1S/C12H22N2S/c1-11-9-14-7-4-5-12(14)10-13(11)6-2-3-8-15/h2-3,11-12,15H,4-10H2,1H3. The van der Waals surface area contributed by atoms with Gasteiger partial charge in [-0.05, 0) is 26.3 Å². The van der Waals surface area contributed by atoms with Crippen molar-refractivity contribution in [1.82, 2.24) is 9.80 Å². The molecule has 2 unspecified atom stereocenters.